The fraction of sp³-hybridized carbons (Fsp3) is 0.727. The summed E-state index contributed by atoms with van der Waals surface area (Å²) in [5.74, 6) is 2.33. The third kappa shape index (κ3) is 4.48. The molecule has 0 radical (unpaired) electrons. The molecule has 2 rings (SSSR count). The van der Waals surface area contributed by atoms with E-state index in [1.54, 1.807) is 0 Å². The number of hydrogen-bond donors (Lipinski definition) is 2. The van der Waals surface area contributed by atoms with E-state index in [1.165, 1.54) is 28.6 Å². The number of aliphatic hydroxyl groups excluding tert-OH is 1. The Kier molecular flexibility index (Phi) is 5.17. The Morgan fingerprint density at radius 1 is 1.63 bits per heavy atom. The number of nitro groups is 1. The SMILES string of the molecule is O=[N+]([O-])c1cnn(CC(O)CNC2CCSCC2)c1. The van der Waals surface area contributed by atoms with Crippen molar-refractivity contribution >= 4 is 17.4 Å². The van der Waals surface area contributed by atoms with Gasteiger partial charge in [-0.15, -0.1) is 0 Å². The van der Waals surface area contributed by atoms with Gasteiger partial charge in [0.25, 0.3) is 0 Å². The van der Waals surface area contributed by atoms with Crippen LogP contribution >= 0.6 is 11.8 Å². The number of nitrogens with zero attached hydrogens (tertiary/aromatic N) is 3. The number of rotatable bonds is 6. The minimum absolute atomic E-state index is 0.0514. The Labute approximate surface area is 115 Å². The molecule has 1 atom stereocenters. The van der Waals surface area contributed by atoms with Crippen molar-refractivity contribution in [2.45, 2.75) is 31.5 Å². The van der Waals surface area contributed by atoms with Crippen LogP contribution in [-0.2, 0) is 6.54 Å². The number of nitrogens with one attached hydrogen (secondary N) is 1. The minimum atomic E-state index is -0.589. The smallest absolute Gasteiger partial charge is 0.306 e. The van der Waals surface area contributed by atoms with Crippen molar-refractivity contribution in [3.63, 3.8) is 0 Å². The fourth-order valence-electron chi connectivity index (χ4n) is 2.03. The van der Waals surface area contributed by atoms with E-state index in [0.717, 1.165) is 12.8 Å². The summed E-state index contributed by atoms with van der Waals surface area (Å²) in [5.41, 5.74) is -0.0514. The Morgan fingerprint density at radius 3 is 3.00 bits per heavy atom. The highest BCUT2D eigenvalue weighted by molar-refractivity contribution is 7.99. The normalized spacial score (nSPS) is 18.4. The van der Waals surface area contributed by atoms with Crippen molar-refractivity contribution in [3.8, 4) is 0 Å². The van der Waals surface area contributed by atoms with Gasteiger partial charge in [0.15, 0.2) is 0 Å². The average molecular weight is 286 g/mol. The van der Waals surface area contributed by atoms with Gasteiger partial charge in [-0.05, 0) is 24.3 Å². The second-order valence-corrected chi connectivity index (χ2v) is 5.85. The van der Waals surface area contributed by atoms with E-state index < -0.39 is 11.0 Å². The van der Waals surface area contributed by atoms with Gasteiger partial charge in [0.2, 0.25) is 0 Å². The molecule has 0 amide bonds. The van der Waals surface area contributed by atoms with Gasteiger partial charge in [-0.2, -0.15) is 16.9 Å². The molecule has 1 saturated heterocycles. The molecule has 1 aliphatic rings. The molecular formula is C11H18N4O3S. The van der Waals surface area contributed by atoms with Crippen LogP contribution in [0, 0.1) is 10.1 Å². The van der Waals surface area contributed by atoms with Gasteiger partial charge in [0.1, 0.15) is 12.4 Å². The molecule has 0 aliphatic carbocycles. The summed E-state index contributed by atoms with van der Waals surface area (Å²) in [6, 6.07) is 0.475. The summed E-state index contributed by atoms with van der Waals surface area (Å²) in [7, 11) is 0. The lowest BCUT2D eigenvalue weighted by atomic mass is 10.1. The molecule has 0 saturated carbocycles. The third-order valence-electron chi connectivity index (χ3n) is 3.09. The van der Waals surface area contributed by atoms with Crippen molar-refractivity contribution in [1.82, 2.24) is 15.1 Å². The third-order valence-corrected chi connectivity index (χ3v) is 4.14. The van der Waals surface area contributed by atoms with Gasteiger partial charge >= 0.3 is 5.69 Å². The second kappa shape index (κ2) is 6.88. The molecule has 1 aliphatic heterocycles. The summed E-state index contributed by atoms with van der Waals surface area (Å²) in [6.45, 7) is 0.755. The van der Waals surface area contributed by atoms with Crippen LogP contribution in [0.15, 0.2) is 12.4 Å². The highest BCUT2D eigenvalue weighted by Crippen LogP contribution is 2.16. The van der Waals surface area contributed by atoms with Crippen molar-refractivity contribution in [2.24, 2.45) is 0 Å². The van der Waals surface area contributed by atoms with Crippen LogP contribution in [0.1, 0.15) is 12.8 Å². The van der Waals surface area contributed by atoms with E-state index in [1.807, 2.05) is 11.8 Å². The van der Waals surface area contributed by atoms with Crippen LogP contribution < -0.4 is 5.32 Å². The van der Waals surface area contributed by atoms with Crippen LogP contribution in [-0.4, -0.2) is 50.0 Å². The van der Waals surface area contributed by atoms with Gasteiger partial charge in [-0.25, -0.2) is 0 Å². The van der Waals surface area contributed by atoms with Crippen LogP contribution in [0.3, 0.4) is 0 Å². The molecular weight excluding hydrogens is 268 g/mol. The predicted molar refractivity (Wildman–Crippen MR) is 73.2 cm³/mol. The lowest BCUT2D eigenvalue weighted by molar-refractivity contribution is -0.385. The Balaban J connectivity index is 1.73. The molecule has 0 spiro atoms. The van der Waals surface area contributed by atoms with Crippen molar-refractivity contribution < 1.29 is 10.0 Å². The molecule has 2 N–H and O–H groups in total. The fourth-order valence-corrected chi connectivity index (χ4v) is 3.14. The van der Waals surface area contributed by atoms with Gasteiger partial charge < -0.3 is 10.4 Å². The number of hydrogen-bond acceptors (Lipinski definition) is 6. The summed E-state index contributed by atoms with van der Waals surface area (Å²) in [5, 5.41) is 27.6. The molecule has 1 unspecified atom stereocenters. The van der Waals surface area contributed by atoms with E-state index >= 15 is 0 Å². The maximum absolute atomic E-state index is 10.5. The summed E-state index contributed by atoms with van der Waals surface area (Å²) < 4.78 is 1.40. The van der Waals surface area contributed by atoms with Crippen LogP contribution in [0.2, 0.25) is 0 Å². The van der Waals surface area contributed by atoms with Crippen molar-refractivity contribution in [2.75, 3.05) is 18.1 Å². The van der Waals surface area contributed by atoms with Gasteiger partial charge in [0.05, 0.1) is 17.6 Å². The summed E-state index contributed by atoms with van der Waals surface area (Å²) in [6.07, 6.45) is 4.20. The van der Waals surface area contributed by atoms with Crippen LogP contribution in [0.4, 0.5) is 5.69 Å². The molecule has 1 aromatic rings. The zero-order valence-electron chi connectivity index (χ0n) is 10.6. The van der Waals surface area contributed by atoms with Crippen LogP contribution in [0.5, 0.6) is 0 Å². The molecule has 0 bridgehead atoms. The average Bonchev–Trinajstić information content (AvgIpc) is 2.86. The van der Waals surface area contributed by atoms with E-state index in [-0.39, 0.29) is 12.2 Å². The highest BCUT2D eigenvalue weighted by atomic mass is 32.2. The highest BCUT2D eigenvalue weighted by Gasteiger charge is 2.16. The molecule has 8 heteroatoms. The van der Waals surface area contributed by atoms with Crippen molar-refractivity contribution in [3.05, 3.63) is 22.5 Å². The lowest BCUT2D eigenvalue weighted by Crippen LogP contribution is -2.39. The predicted octanol–water partition coefficient (Wildman–Crippen LogP) is 0.637. The maximum Gasteiger partial charge on any atom is 0.306 e. The first-order valence-corrected chi connectivity index (χ1v) is 7.46. The molecule has 106 valence electrons. The van der Waals surface area contributed by atoms with E-state index in [2.05, 4.69) is 10.4 Å². The molecule has 1 fully saturated rings. The first-order valence-electron chi connectivity index (χ1n) is 6.31. The van der Waals surface area contributed by atoms with Crippen molar-refractivity contribution in [1.29, 1.82) is 0 Å². The second-order valence-electron chi connectivity index (χ2n) is 4.63. The first-order chi connectivity index (χ1) is 9.15. The van der Waals surface area contributed by atoms with Crippen LogP contribution in [0.25, 0.3) is 0 Å². The van der Waals surface area contributed by atoms with Gasteiger partial charge in [-0.3, -0.25) is 14.8 Å². The standard InChI is InChI=1S/C11H18N4O3S/c16-11(6-12-9-1-3-19-4-2-9)8-14-7-10(5-13-14)15(17)18/h5,7,9,11-12,16H,1-4,6,8H2. The quantitative estimate of drug-likeness (QED) is 0.589. The van der Waals surface area contributed by atoms with E-state index in [9.17, 15) is 15.2 Å². The molecule has 1 aromatic heterocycles. The number of thioether (sulfide) groups is 1. The molecule has 2 heterocycles. The first kappa shape index (κ1) is 14.3. The molecule has 0 aromatic carbocycles. The molecule has 7 nitrogen and oxygen atoms in total. The maximum atomic E-state index is 10.5. The summed E-state index contributed by atoms with van der Waals surface area (Å²) in [4.78, 5) is 10.0. The topological polar surface area (TPSA) is 93.2 Å². The zero-order chi connectivity index (χ0) is 13.7. The Hall–Kier alpha value is -1.12. The van der Waals surface area contributed by atoms with Gasteiger partial charge in [0, 0.05) is 12.6 Å². The zero-order valence-corrected chi connectivity index (χ0v) is 11.4. The van der Waals surface area contributed by atoms with E-state index in [0.29, 0.717) is 12.6 Å². The monoisotopic (exact) mass is 286 g/mol. The van der Waals surface area contributed by atoms with E-state index in [4.69, 9.17) is 0 Å². The molecule has 19 heavy (non-hydrogen) atoms. The minimum Gasteiger partial charge on any atom is -0.390 e. The number of aromatic nitrogens is 2. The Bertz CT molecular complexity index is 420. The van der Waals surface area contributed by atoms with Gasteiger partial charge in [-0.1, -0.05) is 0 Å². The Morgan fingerprint density at radius 2 is 2.37 bits per heavy atom. The largest absolute Gasteiger partial charge is 0.390 e. The summed E-state index contributed by atoms with van der Waals surface area (Å²) >= 11 is 1.96. The number of aliphatic hydroxyl groups is 1. The lowest BCUT2D eigenvalue weighted by Gasteiger charge is -2.24.